The Hall–Kier alpha value is -0.790. The number of hydrogen-bond acceptors (Lipinski definition) is 1. The van der Waals surface area contributed by atoms with Crippen LogP contribution < -0.4 is 0 Å². The van der Waals surface area contributed by atoms with Crippen LogP contribution in [-0.4, -0.2) is 11.1 Å². The van der Waals surface area contributed by atoms with E-state index >= 15 is 0 Å². The molecule has 0 aromatic heterocycles. The van der Waals surface area contributed by atoms with E-state index < -0.39 is 5.97 Å². The van der Waals surface area contributed by atoms with E-state index in [1.54, 1.807) is 6.08 Å². The van der Waals surface area contributed by atoms with Gasteiger partial charge in [-0.05, 0) is 12.3 Å². The third-order valence-electron chi connectivity index (χ3n) is 1.75. The predicted molar refractivity (Wildman–Crippen MR) is 34.0 cm³/mol. The van der Waals surface area contributed by atoms with Crippen LogP contribution in [0.25, 0.3) is 0 Å². The summed E-state index contributed by atoms with van der Waals surface area (Å²) >= 11 is 0. The summed E-state index contributed by atoms with van der Waals surface area (Å²) in [6, 6.07) is 0. The van der Waals surface area contributed by atoms with Crippen molar-refractivity contribution in [2.45, 2.75) is 13.3 Å². The van der Waals surface area contributed by atoms with Crippen LogP contribution in [0.2, 0.25) is 0 Å². The van der Waals surface area contributed by atoms with E-state index in [-0.39, 0.29) is 5.92 Å². The summed E-state index contributed by atoms with van der Waals surface area (Å²) in [6.45, 7) is 1.96. The van der Waals surface area contributed by atoms with Crippen LogP contribution in [-0.2, 0) is 4.79 Å². The molecule has 0 bridgehead atoms. The maximum Gasteiger partial charge on any atom is 0.310 e. The van der Waals surface area contributed by atoms with Gasteiger partial charge in [0.25, 0.3) is 0 Å². The first kappa shape index (κ1) is 6.33. The number of hydrogen-bond donors (Lipinski definition) is 1. The van der Waals surface area contributed by atoms with Crippen LogP contribution in [0.15, 0.2) is 12.2 Å². The lowest BCUT2D eigenvalue weighted by molar-refractivity contribution is -0.141. The van der Waals surface area contributed by atoms with E-state index in [1.165, 1.54) is 0 Å². The third kappa shape index (κ3) is 1.12. The zero-order chi connectivity index (χ0) is 6.85. The number of carbonyl (C=O) groups is 1. The number of carboxylic acids is 1. The Morgan fingerprint density at radius 1 is 1.78 bits per heavy atom. The van der Waals surface area contributed by atoms with Crippen LogP contribution in [0.4, 0.5) is 0 Å². The van der Waals surface area contributed by atoms with Gasteiger partial charge >= 0.3 is 5.97 Å². The molecule has 2 atom stereocenters. The van der Waals surface area contributed by atoms with Gasteiger partial charge in [0, 0.05) is 0 Å². The molecule has 1 aliphatic rings. The first-order valence-corrected chi connectivity index (χ1v) is 3.11. The quantitative estimate of drug-likeness (QED) is 0.537. The largest absolute Gasteiger partial charge is 0.481 e. The van der Waals surface area contributed by atoms with E-state index in [0.29, 0.717) is 5.92 Å². The fourth-order valence-corrected chi connectivity index (χ4v) is 1.10. The monoisotopic (exact) mass is 126 g/mol. The van der Waals surface area contributed by atoms with Crippen molar-refractivity contribution >= 4 is 5.97 Å². The van der Waals surface area contributed by atoms with Crippen LogP contribution in [0.5, 0.6) is 0 Å². The lowest BCUT2D eigenvalue weighted by Gasteiger charge is -2.07. The summed E-state index contributed by atoms with van der Waals surface area (Å²) in [5.74, 6) is -0.635. The molecule has 1 aliphatic carbocycles. The Balaban J connectivity index is 2.59. The average molecular weight is 126 g/mol. The lowest BCUT2D eigenvalue weighted by atomic mass is 9.98. The maximum absolute atomic E-state index is 10.4. The summed E-state index contributed by atoms with van der Waals surface area (Å²) in [6.07, 6.45) is 4.62. The second kappa shape index (κ2) is 2.21. The highest BCUT2D eigenvalue weighted by Gasteiger charge is 2.24. The molecule has 2 nitrogen and oxygen atoms in total. The van der Waals surface area contributed by atoms with Gasteiger partial charge in [-0.25, -0.2) is 0 Å². The summed E-state index contributed by atoms with van der Waals surface area (Å²) in [4.78, 5) is 10.4. The molecule has 0 aromatic rings. The second-order valence-electron chi connectivity index (χ2n) is 2.51. The topological polar surface area (TPSA) is 37.3 Å². The molecular weight excluding hydrogens is 116 g/mol. The molecule has 0 saturated carbocycles. The van der Waals surface area contributed by atoms with Crippen molar-refractivity contribution in [2.24, 2.45) is 11.8 Å². The Labute approximate surface area is 54.2 Å². The highest BCUT2D eigenvalue weighted by Crippen LogP contribution is 2.23. The van der Waals surface area contributed by atoms with Gasteiger partial charge in [0.15, 0.2) is 0 Å². The van der Waals surface area contributed by atoms with E-state index in [4.69, 9.17) is 5.11 Å². The van der Waals surface area contributed by atoms with Crippen molar-refractivity contribution in [3.05, 3.63) is 12.2 Å². The van der Waals surface area contributed by atoms with E-state index in [2.05, 4.69) is 0 Å². The maximum atomic E-state index is 10.4. The minimum atomic E-state index is -0.698. The molecule has 0 radical (unpaired) electrons. The summed E-state index contributed by atoms with van der Waals surface area (Å²) in [5, 5.41) is 8.53. The van der Waals surface area contributed by atoms with E-state index in [9.17, 15) is 4.79 Å². The zero-order valence-electron chi connectivity index (χ0n) is 5.37. The summed E-state index contributed by atoms with van der Waals surface area (Å²) in [5.41, 5.74) is 0. The molecular formula is C7H10O2. The van der Waals surface area contributed by atoms with Crippen molar-refractivity contribution in [1.29, 1.82) is 0 Å². The van der Waals surface area contributed by atoms with Crippen LogP contribution in [0, 0.1) is 11.8 Å². The van der Waals surface area contributed by atoms with Gasteiger partial charge in [0.2, 0.25) is 0 Å². The van der Waals surface area contributed by atoms with Gasteiger partial charge in [-0.15, -0.1) is 0 Å². The van der Waals surface area contributed by atoms with E-state index in [1.807, 2.05) is 13.0 Å². The molecule has 1 N–H and O–H groups in total. The van der Waals surface area contributed by atoms with Crippen molar-refractivity contribution in [3.8, 4) is 0 Å². The SMILES string of the molecule is CC1CC=CC1C(=O)O. The van der Waals surface area contributed by atoms with Crippen LogP contribution >= 0.6 is 0 Å². The number of allylic oxidation sites excluding steroid dienone is 1. The van der Waals surface area contributed by atoms with Gasteiger partial charge < -0.3 is 5.11 Å². The smallest absolute Gasteiger partial charge is 0.310 e. The van der Waals surface area contributed by atoms with Gasteiger partial charge in [0.05, 0.1) is 5.92 Å². The Kier molecular flexibility index (Phi) is 1.56. The van der Waals surface area contributed by atoms with Gasteiger partial charge in [-0.2, -0.15) is 0 Å². The molecule has 0 saturated heterocycles. The Morgan fingerprint density at radius 3 is 2.67 bits per heavy atom. The fraction of sp³-hybridized carbons (Fsp3) is 0.571. The van der Waals surface area contributed by atoms with Crippen molar-refractivity contribution < 1.29 is 9.90 Å². The van der Waals surface area contributed by atoms with Gasteiger partial charge in [0.1, 0.15) is 0 Å². The highest BCUT2D eigenvalue weighted by molar-refractivity contribution is 5.73. The summed E-state index contributed by atoms with van der Waals surface area (Å²) in [7, 11) is 0. The predicted octanol–water partition coefficient (Wildman–Crippen LogP) is 1.28. The van der Waals surface area contributed by atoms with Gasteiger partial charge in [-0.1, -0.05) is 19.1 Å². The number of carboxylic acid groups (broad SMARTS) is 1. The molecule has 1 rings (SSSR count). The molecule has 2 heteroatoms. The molecule has 0 heterocycles. The number of rotatable bonds is 1. The minimum absolute atomic E-state index is 0.231. The molecule has 0 spiro atoms. The lowest BCUT2D eigenvalue weighted by Crippen LogP contribution is -2.15. The Bertz CT molecular complexity index is 149. The van der Waals surface area contributed by atoms with Gasteiger partial charge in [-0.3, -0.25) is 4.79 Å². The molecule has 9 heavy (non-hydrogen) atoms. The minimum Gasteiger partial charge on any atom is -0.481 e. The first-order valence-electron chi connectivity index (χ1n) is 3.11. The van der Waals surface area contributed by atoms with Crippen LogP contribution in [0.1, 0.15) is 13.3 Å². The summed E-state index contributed by atoms with van der Waals surface area (Å²) < 4.78 is 0. The normalized spacial score (nSPS) is 33.0. The van der Waals surface area contributed by atoms with Crippen molar-refractivity contribution in [1.82, 2.24) is 0 Å². The van der Waals surface area contributed by atoms with Crippen LogP contribution in [0.3, 0.4) is 0 Å². The Morgan fingerprint density at radius 2 is 2.44 bits per heavy atom. The standard InChI is InChI=1S/C7H10O2/c1-5-3-2-4-6(5)7(8)9/h2,4-6H,3H2,1H3,(H,8,9). The molecule has 0 aliphatic heterocycles. The average Bonchev–Trinajstić information content (AvgIpc) is 2.13. The zero-order valence-corrected chi connectivity index (χ0v) is 5.37. The molecule has 0 amide bonds. The number of aliphatic carboxylic acids is 1. The third-order valence-corrected chi connectivity index (χ3v) is 1.75. The molecule has 0 aromatic carbocycles. The molecule has 2 unspecified atom stereocenters. The van der Waals surface area contributed by atoms with Crippen molar-refractivity contribution in [3.63, 3.8) is 0 Å². The second-order valence-corrected chi connectivity index (χ2v) is 2.51. The molecule has 50 valence electrons. The molecule has 0 fully saturated rings. The first-order chi connectivity index (χ1) is 4.22. The fourth-order valence-electron chi connectivity index (χ4n) is 1.10. The van der Waals surface area contributed by atoms with E-state index in [0.717, 1.165) is 6.42 Å². The van der Waals surface area contributed by atoms with Crippen molar-refractivity contribution in [2.75, 3.05) is 0 Å². The highest BCUT2D eigenvalue weighted by atomic mass is 16.4.